The molecule has 0 radical (unpaired) electrons. The summed E-state index contributed by atoms with van der Waals surface area (Å²) in [5, 5.41) is 16.1. The molecule has 0 bridgehead atoms. The van der Waals surface area contributed by atoms with E-state index in [4.69, 9.17) is 11.6 Å². The monoisotopic (exact) mass is 708 g/mol. The van der Waals surface area contributed by atoms with E-state index in [2.05, 4.69) is 31.0 Å². The predicted octanol–water partition coefficient (Wildman–Crippen LogP) is 5.13. The van der Waals surface area contributed by atoms with Gasteiger partial charge in [-0.15, -0.1) is 5.10 Å². The molecule has 4 rings (SSSR count). The van der Waals surface area contributed by atoms with Crippen molar-refractivity contribution in [3.05, 3.63) is 79.5 Å². The Morgan fingerprint density at radius 1 is 1.12 bits per heavy atom. The minimum Gasteiger partial charge on any atom is -0.352 e. The van der Waals surface area contributed by atoms with Gasteiger partial charge < -0.3 is 10.6 Å². The number of nitrogens with one attached hydrogen (secondary N) is 2. The number of halogens is 7. The van der Waals surface area contributed by atoms with Crippen molar-refractivity contribution >= 4 is 51.7 Å². The van der Waals surface area contributed by atoms with Gasteiger partial charge in [-0.25, -0.2) is 14.3 Å². The number of aryl methyl sites for hydroxylation is 1. The minimum atomic E-state index is -5.86. The standard InChI is InChI=1S/C24H19ClF5IN8O2/c1-3-32-21(40)15-8-13(31)7-12(2)19(15)34-22(41)17-9-14(36-39(17)20-16(25)5-4-6-33-20)10-38-11-18(35-37-38)23(26,27)24(28,29)30/h4-9,11H,3,10H2,1-2H3,(H,32,40)(H,34,41). The molecule has 0 spiro atoms. The van der Waals surface area contributed by atoms with Crippen molar-refractivity contribution in [1.29, 1.82) is 0 Å². The van der Waals surface area contributed by atoms with Crippen LogP contribution in [0.4, 0.5) is 27.6 Å². The first-order valence-electron chi connectivity index (χ1n) is 11.7. The van der Waals surface area contributed by atoms with Gasteiger partial charge in [-0.2, -0.15) is 27.1 Å². The molecular weight excluding hydrogens is 690 g/mol. The zero-order valence-electron chi connectivity index (χ0n) is 21.1. The van der Waals surface area contributed by atoms with Gasteiger partial charge in [0.1, 0.15) is 5.69 Å². The van der Waals surface area contributed by atoms with E-state index in [1.54, 1.807) is 32.0 Å². The molecule has 17 heteroatoms. The third kappa shape index (κ3) is 6.32. The highest BCUT2D eigenvalue weighted by molar-refractivity contribution is 14.1. The van der Waals surface area contributed by atoms with Gasteiger partial charge in [-0.05, 0) is 72.3 Å². The fourth-order valence-corrected chi connectivity index (χ4v) is 4.70. The molecule has 0 saturated carbocycles. The first-order valence-corrected chi connectivity index (χ1v) is 13.1. The summed E-state index contributed by atoms with van der Waals surface area (Å²) in [6.07, 6.45) is -4.03. The highest BCUT2D eigenvalue weighted by atomic mass is 127. The maximum atomic E-state index is 13.7. The molecule has 0 atom stereocenters. The van der Waals surface area contributed by atoms with Crippen molar-refractivity contribution in [2.45, 2.75) is 32.5 Å². The maximum Gasteiger partial charge on any atom is 0.459 e. The second-order valence-electron chi connectivity index (χ2n) is 8.57. The molecule has 0 saturated heterocycles. The van der Waals surface area contributed by atoms with E-state index in [1.165, 1.54) is 18.3 Å². The number of benzene rings is 1. The quantitative estimate of drug-likeness (QED) is 0.194. The van der Waals surface area contributed by atoms with Crippen molar-refractivity contribution in [2.75, 3.05) is 11.9 Å². The first kappa shape index (κ1) is 30.3. The van der Waals surface area contributed by atoms with Crippen molar-refractivity contribution in [2.24, 2.45) is 0 Å². The second kappa shape index (κ2) is 11.7. The Bertz CT molecular complexity index is 1620. The van der Waals surface area contributed by atoms with Crippen LogP contribution < -0.4 is 10.6 Å². The molecule has 2 amide bonds. The zero-order chi connectivity index (χ0) is 30.1. The van der Waals surface area contributed by atoms with Gasteiger partial charge >= 0.3 is 12.1 Å². The minimum absolute atomic E-state index is 0.0342. The molecule has 0 unspecified atom stereocenters. The number of aromatic nitrogens is 6. The lowest BCUT2D eigenvalue weighted by molar-refractivity contribution is -0.291. The van der Waals surface area contributed by atoms with E-state index in [1.807, 2.05) is 22.6 Å². The van der Waals surface area contributed by atoms with Crippen LogP contribution in [-0.2, 0) is 12.5 Å². The van der Waals surface area contributed by atoms with Gasteiger partial charge in [0, 0.05) is 16.3 Å². The number of rotatable bonds is 8. The van der Waals surface area contributed by atoms with Gasteiger partial charge in [-0.1, -0.05) is 16.8 Å². The molecule has 0 aliphatic heterocycles. The molecule has 2 N–H and O–H groups in total. The molecule has 3 heterocycles. The third-order valence-corrected chi connectivity index (χ3v) is 6.51. The number of pyridine rings is 1. The van der Waals surface area contributed by atoms with E-state index < -0.39 is 36.2 Å². The summed E-state index contributed by atoms with van der Waals surface area (Å²) in [7, 11) is 0. The van der Waals surface area contributed by atoms with Crippen LogP contribution in [-0.4, -0.2) is 54.3 Å². The van der Waals surface area contributed by atoms with Gasteiger partial charge in [-0.3, -0.25) is 9.59 Å². The topological polar surface area (TPSA) is 120 Å². The van der Waals surface area contributed by atoms with Gasteiger partial charge in [0.25, 0.3) is 11.8 Å². The van der Waals surface area contributed by atoms with Crippen LogP contribution in [0, 0.1) is 10.5 Å². The molecule has 4 aromatic rings. The fraction of sp³-hybridized carbons (Fsp3) is 0.250. The number of hydrogen-bond donors (Lipinski definition) is 2. The molecule has 1 aromatic carbocycles. The predicted molar refractivity (Wildman–Crippen MR) is 145 cm³/mol. The summed E-state index contributed by atoms with van der Waals surface area (Å²) in [6.45, 7) is 3.38. The van der Waals surface area contributed by atoms with E-state index >= 15 is 0 Å². The van der Waals surface area contributed by atoms with Crippen molar-refractivity contribution in [3.8, 4) is 5.82 Å². The molecule has 3 aromatic heterocycles. The molecule has 10 nitrogen and oxygen atoms in total. The lowest BCUT2D eigenvalue weighted by Crippen LogP contribution is -2.34. The van der Waals surface area contributed by atoms with Crippen molar-refractivity contribution in [1.82, 2.24) is 35.1 Å². The van der Waals surface area contributed by atoms with E-state index in [9.17, 15) is 31.5 Å². The number of carbonyl (C=O) groups excluding carboxylic acids is 2. The largest absolute Gasteiger partial charge is 0.459 e. The molecule has 41 heavy (non-hydrogen) atoms. The van der Waals surface area contributed by atoms with Crippen LogP contribution in [0.15, 0.2) is 42.7 Å². The van der Waals surface area contributed by atoms with Crippen LogP contribution >= 0.6 is 34.2 Å². The number of amides is 2. The first-order chi connectivity index (χ1) is 19.2. The van der Waals surface area contributed by atoms with Gasteiger partial charge in [0.15, 0.2) is 11.5 Å². The Hall–Kier alpha value is -3.67. The van der Waals surface area contributed by atoms with Crippen molar-refractivity contribution in [3.63, 3.8) is 0 Å². The third-order valence-electron chi connectivity index (χ3n) is 5.59. The molecular formula is C24H19ClF5IN8O2. The highest BCUT2D eigenvalue weighted by Gasteiger charge is 2.60. The summed E-state index contributed by atoms with van der Waals surface area (Å²) in [4.78, 5) is 30.4. The average Bonchev–Trinajstić information content (AvgIpc) is 3.53. The number of nitrogens with zero attached hydrogens (tertiary/aromatic N) is 6. The number of alkyl halides is 5. The number of anilines is 1. The van der Waals surface area contributed by atoms with Crippen LogP contribution in [0.3, 0.4) is 0 Å². The van der Waals surface area contributed by atoms with Crippen LogP contribution in [0.5, 0.6) is 0 Å². The van der Waals surface area contributed by atoms with Crippen LogP contribution in [0.2, 0.25) is 5.02 Å². The normalized spacial score (nSPS) is 11.9. The Balaban J connectivity index is 1.73. The lowest BCUT2D eigenvalue weighted by atomic mass is 10.1. The Kier molecular flexibility index (Phi) is 8.62. The van der Waals surface area contributed by atoms with Crippen LogP contribution in [0.1, 0.15) is 44.7 Å². The molecule has 216 valence electrons. The Morgan fingerprint density at radius 2 is 1.85 bits per heavy atom. The molecule has 0 aliphatic carbocycles. The van der Waals surface area contributed by atoms with Gasteiger partial charge in [0.05, 0.1) is 34.7 Å². The Morgan fingerprint density at radius 3 is 2.51 bits per heavy atom. The van der Waals surface area contributed by atoms with Crippen molar-refractivity contribution < 1.29 is 31.5 Å². The maximum absolute atomic E-state index is 13.7. The SMILES string of the molecule is CCNC(=O)c1cc(I)cc(C)c1NC(=O)c1cc(Cn2cc(C(F)(F)C(F)(F)F)nn2)nn1-c1ncccc1Cl. The number of hydrogen-bond acceptors (Lipinski definition) is 6. The second-order valence-corrected chi connectivity index (χ2v) is 10.2. The van der Waals surface area contributed by atoms with Crippen LogP contribution in [0.25, 0.3) is 5.82 Å². The average molecular weight is 709 g/mol. The summed E-state index contributed by atoms with van der Waals surface area (Å²) < 4.78 is 68.2. The molecule has 0 fully saturated rings. The summed E-state index contributed by atoms with van der Waals surface area (Å²) in [6, 6.07) is 7.66. The zero-order valence-corrected chi connectivity index (χ0v) is 24.0. The lowest BCUT2D eigenvalue weighted by Gasteiger charge is -2.16. The summed E-state index contributed by atoms with van der Waals surface area (Å²) in [5.74, 6) is -6.33. The summed E-state index contributed by atoms with van der Waals surface area (Å²) >= 11 is 8.32. The smallest absolute Gasteiger partial charge is 0.352 e. The van der Waals surface area contributed by atoms with Gasteiger partial charge in [0.2, 0.25) is 0 Å². The summed E-state index contributed by atoms with van der Waals surface area (Å²) in [5.41, 5.74) is -0.643. The van der Waals surface area contributed by atoms with E-state index in [0.29, 0.717) is 18.3 Å². The Labute approximate surface area is 247 Å². The van der Waals surface area contributed by atoms with E-state index in [-0.39, 0.29) is 33.5 Å². The molecule has 0 aliphatic rings. The fourth-order valence-electron chi connectivity index (χ4n) is 3.72. The number of carbonyl (C=O) groups is 2. The highest BCUT2D eigenvalue weighted by Crippen LogP contribution is 2.42. The van der Waals surface area contributed by atoms with E-state index in [0.717, 1.165) is 12.9 Å².